The molecule has 122 valence electrons. The molecule has 4 nitrogen and oxygen atoms in total. The number of allylic oxidation sites excluding steroid dienone is 2. The number of rotatable bonds is 5. The lowest BCUT2D eigenvalue weighted by Gasteiger charge is -2.32. The van der Waals surface area contributed by atoms with Gasteiger partial charge in [0, 0.05) is 19.6 Å². The standard InChI is InChI=1S/C18H27NO3/c20-17(11-13-3-1-2-4-13)19-9-10-21-16-8-7-15(19)18(16)22-12-14-5-6-14/h1,3,13-16,18H,2,4-12H2/t13-,15+,16+,18-/m1/s1. The van der Waals surface area contributed by atoms with Gasteiger partial charge in [0.25, 0.3) is 0 Å². The monoisotopic (exact) mass is 305 g/mol. The molecule has 4 aliphatic rings. The average molecular weight is 305 g/mol. The Kier molecular flexibility index (Phi) is 4.23. The lowest BCUT2D eigenvalue weighted by Crippen LogP contribution is -2.47. The summed E-state index contributed by atoms with van der Waals surface area (Å²) in [6, 6.07) is 0.240. The second-order valence-electron chi connectivity index (χ2n) is 7.35. The number of fused-ring (bicyclic) bond motifs is 2. The van der Waals surface area contributed by atoms with Gasteiger partial charge in [0.05, 0.1) is 18.8 Å². The smallest absolute Gasteiger partial charge is 0.223 e. The van der Waals surface area contributed by atoms with E-state index in [0.29, 0.717) is 24.9 Å². The first-order chi connectivity index (χ1) is 10.8. The topological polar surface area (TPSA) is 38.8 Å². The molecule has 2 saturated carbocycles. The number of nitrogens with zero attached hydrogens (tertiary/aromatic N) is 1. The van der Waals surface area contributed by atoms with E-state index in [2.05, 4.69) is 17.1 Å². The molecular formula is C18H27NO3. The van der Waals surface area contributed by atoms with Gasteiger partial charge in [0.1, 0.15) is 6.10 Å². The van der Waals surface area contributed by atoms with Crippen molar-refractivity contribution in [1.82, 2.24) is 4.90 Å². The third-order valence-corrected chi connectivity index (χ3v) is 5.65. The minimum Gasteiger partial charge on any atom is -0.374 e. The summed E-state index contributed by atoms with van der Waals surface area (Å²) in [7, 11) is 0. The predicted molar refractivity (Wildman–Crippen MR) is 83.4 cm³/mol. The van der Waals surface area contributed by atoms with Gasteiger partial charge in [-0.2, -0.15) is 0 Å². The van der Waals surface area contributed by atoms with Crippen LogP contribution in [0.25, 0.3) is 0 Å². The third kappa shape index (κ3) is 3.09. The quantitative estimate of drug-likeness (QED) is 0.733. The number of hydrogen-bond acceptors (Lipinski definition) is 3. The van der Waals surface area contributed by atoms with Gasteiger partial charge >= 0.3 is 0 Å². The van der Waals surface area contributed by atoms with Crippen molar-refractivity contribution in [3.8, 4) is 0 Å². The van der Waals surface area contributed by atoms with Crippen LogP contribution in [0, 0.1) is 11.8 Å². The Labute approximate surface area is 132 Å². The van der Waals surface area contributed by atoms with E-state index in [9.17, 15) is 4.79 Å². The Morgan fingerprint density at radius 3 is 2.91 bits per heavy atom. The summed E-state index contributed by atoms with van der Waals surface area (Å²) in [5.74, 6) is 1.50. The summed E-state index contributed by atoms with van der Waals surface area (Å²) in [5, 5.41) is 0. The maximum Gasteiger partial charge on any atom is 0.223 e. The van der Waals surface area contributed by atoms with Gasteiger partial charge < -0.3 is 14.4 Å². The van der Waals surface area contributed by atoms with Crippen LogP contribution in [0.2, 0.25) is 0 Å². The first kappa shape index (κ1) is 14.7. The van der Waals surface area contributed by atoms with Crippen LogP contribution in [0.4, 0.5) is 0 Å². The Hall–Kier alpha value is -0.870. The van der Waals surface area contributed by atoms with Gasteiger partial charge in [0.2, 0.25) is 5.91 Å². The van der Waals surface area contributed by atoms with Crippen LogP contribution in [-0.4, -0.2) is 48.8 Å². The first-order valence-electron chi connectivity index (χ1n) is 9.00. The molecule has 0 N–H and O–H groups in total. The maximum atomic E-state index is 12.8. The summed E-state index contributed by atoms with van der Waals surface area (Å²) in [4.78, 5) is 14.9. The van der Waals surface area contributed by atoms with Crippen molar-refractivity contribution in [2.45, 2.75) is 63.2 Å². The van der Waals surface area contributed by atoms with E-state index < -0.39 is 0 Å². The van der Waals surface area contributed by atoms with Gasteiger partial charge in [-0.15, -0.1) is 0 Å². The Balaban J connectivity index is 1.41. The molecule has 4 heteroatoms. The molecule has 1 heterocycles. The van der Waals surface area contributed by atoms with E-state index >= 15 is 0 Å². The molecule has 0 aromatic rings. The van der Waals surface area contributed by atoms with E-state index in [1.165, 1.54) is 12.8 Å². The minimum atomic E-state index is 0.103. The maximum absolute atomic E-state index is 12.8. The molecule has 1 saturated heterocycles. The zero-order valence-corrected chi connectivity index (χ0v) is 13.3. The molecule has 0 spiro atoms. The zero-order valence-electron chi connectivity index (χ0n) is 13.3. The van der Waals surface area contributed by atoms with Crippen molar-refractivity contribution in [3.05, 3.63) is 12.2 Å². The highest BCUT2D eigenvalue weighted by Gasteiger charge is 2.45. The summed E-state index contributed by atoms with van der Waals surface area (Å²) in [5.41, 5.74) is 0. The summed E-state index contributed by atoms with van der Waals surface area (Å²) < 4.78 is 12.2. The Morgan fingerprint density at radius 2 is 2.14 bits per heavy atom. The SMILES string of the molecule is O=C(C[C@@H]1C=CCC1)N1CCO[C@H]2CC[C@H]1[C@H]2OCC1CC1. The fraction of sp³-hybridized carbons (Fsp3) is 0.833. The van der Waals surface area contributed by atoms with Crippen LogP contribution in [-0.2, 0) is 14.3 Å². The predicted octanol–water partition coefficient (Wildman–Crippen LogP) is 2.53. The van der Waals surface area contributed by atoms with Gasteiger partial charge in [-0.3, -0.25) is 4.79 Å². The first-order valence-corrected chi connectivity index (χ1v) is 9.00. The second-order valence-corrected chi connectivity index (χ2v) is 7.35. The van der Waals surface area contributed by atoms with Crippen molar-refractivity contribution in [1.29, 1.82) is 0 Å². The molecular weight excluding hydrogens is 278 g/mol. The lowest BCUT2D eigenvalue weighted by atomic mass is 10.0. The molecule has 1 aliphatic heterocycles. The number of amides is 1. The van der Waals surface area contributed by atoms with Gasteiger partial charge in [-0.1, -0.05) is 12.2 Å². The van der Waals surface area contributed by atoms with E-state index in [1.807, 2.05) is 0 Å². The van der Waals surface area contributed by atoms with E-state index in [1.54, 1.807) is 0 Å². The molecule has 1 amide bonds. The van der Waals surface area contributed by atoms with Crippen LogP contribution in [0.15, 0.2) is 12.2 Å². The van der Waals surface area contributed by atoms with Crippen molar-refractivity contribution < 1.29 is 14.3 Å². The van der Waals surface area contributed by atoms with Gasteiger partial charge in [-0.25, -0.2) is 0 Å². The summed E-state index contributed by atoms with van der Waals surface area (Å²) >= 11 is 0. The Morgan fingerprint density at radius 1 is 1.23 bits per heavy atom. The molecule has 4 rings (SSSR count). The minimum absolute atomic E-state index is 0.103. The zero-order chi connectivity index (χ0) is 14.9. The van der Waals surface area contributed by atoms with Crippen LogP contribution in [0.1, 0.15) is 44.9 Å². The third-order valence-electron chi connectivity index (χ3n) is 5.65. The molecule has 4 atom stereocenters. The lowest BCUT2D eigenvalue weighted by molar-refractivity contribution is -0.136. The molecule has 0 aromatic heterocycles. The number of carbonyl (C=O) groups excluding carboxylic acids is 1. The fourth-order valence-corrected chi connectivity index (χ4v) is 4.16. The number of hydrogen-bond donors (Lipinski definition) is 0. The van der Waals surface area contributed by atoms with Crippen molar-refractivity contribution in [3.63, 3.8) is 0 Å². The van der Waals surface area contributed by atoms with Crippen molar-refractivity contribution in [2.75, 3.05) is 19.8 Å². The summed E-state index contributed by atoms with van der Waals surface area (Å²) in [6.07, 6.45) is 12.3. The van der Waals surface area contributed by atoms with Crippen LogP contribution in [0.3, 0.4) is 0 Å². The second kappa shape index (κ2) is 6.32. The largest absolute Gasteiger partial charge is 0.374 e. The van der Waals surface area contributed by atoms with Crippen LogP contribution in [0.5, 0.6) is 0 Å². The Bertz CT molecular complexity index is 446. The van der Waals surface area contributed by atoms with Crippen LogP contribution >= 0.6 is 0 Å². The van der Waals surface area contributed by atoms with Crippen LogP contribution < -0.4 is 0 Å². The molecule has 0 unspecified atom stereocenters. The number of ether oxygens (including phenoxy) is 2. The molecule has 3 fully saturated rings. The molecule has 22 heavy (non-hydrogen) atoms. The normalized spacial score (nSPS) is 37.5. The highest BCUT2D eigenvalue weighted by atomic mass is 16.5. The molecule has 0 radical (unpaired) electrons. The van der Waals surface area contributed by atoms with E-state index in [4.69, 9.17) is 9.47 Å². The fourth-order valence-electron chi connectivity index (χ4n) is 4.16. The molecule has 0 aromatic carbocycles. The highest BCUT2D eigenvalue weighted by molar-refractivity contribution is 5.77. The van der Waals surface area contributed by atoms with E-state index in [-0.39, 0.29) is 18.2 Å². The summed E-state index contributed by atoms with van der Waals surface area (Å²) in [6.45, 7) is 2.25. The van der Waals surface area contributed by atoms with Crippen molar-refractivity contribution in [2.24, 2.45) is 11.8 Å². The van der Waals surface area contributed by atoms with Gasteiger partial charge in [0.15, 0.2) is 0 Å². The highest BCUT2D eigenvalue weighted by Crippen LogP contribution is 2.36. The number of carbonyl (C=O) groups is 1. The molecule has 2 bridgehead atoms. The average Bonchev–Trinajstić information content (AvgIpc) is 3.08. The van der Waals surface area contributed by atoms with Gasteiger partial charge in [-0.05, 0) is 50.4 Å². The van der Waals surface area contributed by atoms with E-state index in [0.717, 1.165) is 44.8 Å². The van der Waals surface area contributed by atoms with Crippen molar-refractivity contribution >= 4 is 5.91 Å². The molecule has 3 aliphatic carbocycles.